The predicted octanol–water partition coefficient (Wildman–Crippen LogP) is 3.51. The number of nitrogens with zero attached hydrogens (tertiary/aromatic N) is 4. The van der Waals surface area contributed by atoms with Gasteiger partial charge in [0.1, 0.15) is 5.82 Å². The van der Waals surface area contributed by atoms with Crippen molar-refractivity contribution in [2.45, 2.75) is 25.5 Å². The van der Waals surface area contributed by atoms with E-state index in [9.17, 15) is 4.79 Å². The number of hydrogen-bond acceptors (Lipinski definition) is 5. The Hall–Kier alpha value is -1.57. The number of hydrogen-bond donors (Lipinski definition) is 1. The molecular formula is C14H15Cl2N5OS. The van der Waals surface area contributed by atoms with Crippen molar-refractivity contribution in [1.29, 1.82) is 0 Å². The number of aromatic nitrogens is 4. The second-order valence-corrected chi connectivity index (χ2v) is 6.41. The van der Waals surface area contributed by atoms with Crippen LogP contribution in [0.1, 0.15) is 11.5 Å². The monoisotopic (exact) mass is 371 g/mol. The average Bonchev–Trinajstić information content (AvgIpc) is 2.84. The molecule has 0 aliphatic rings. The Labute approximate surface area is 148 Å². The highest BCUT2D eigenvalue weighted by Gasteiger charge is 2.13. The van der Waals surface area contributed by atoms with E-state index in [2.05, 4.69) is 27.1 Å². The van der Waals surface area contributed by atoms with Gasteiger partial charge < -0.3 is 9.88 Å². The lowest BCUT2D eigenvalue weighted by Gasteiger charge is -2.08. The number of amides is 1. The van der Waals surface area contributed by atoms with Crippen LogP contribution in [0.5, 0.6) is 0 Å². The van der Waals surface area contributed by atoms with Gasteiger partial charge in [-0.25, -0.2) is 4.98 Å². The van der Waals surface area contributed by atoms with Crippen molar-refractivity contribution in [3.05, 3.63) is 40.3 Å². The van der Waals surface area contributed by atoms with E-state index in [1.54, 1.807) is 19.1 Å². The lowest BCUT2D eigenvalue weighted by atomic mass is 10.3. The number of pyridine rings is 1. The summed E-state index contributed by atoms with van der Waals surface area (Å²) in [6, 6.07) is 1.55. The first-order valence-electron chi connectivity index (χ1n) is 6.68. The largest absolute Gasteiger partial charge is 0.309 e. The quantitative estimate of drug-likeness (QED) is 0.621. The maximum absolute atomic E-state index is 12.1. The fourth-order valence-electron chi connectivity index (χ4n) is 1.75. The van der Waals surface area contributed by atoms with Gasteiger partial charge >= 0.3 is 0 Å². The topological polar surface area (TPSA) is 72.7 Å². The highest BCUT2D eigenvalue weighted by Crippen LogP contribution is 2.26. The Kier molecular flexibility index (Phi) is 6.04. The molecule has 0 saturated carbocycles. The number of anilines is 1. The number of nitrogens with one attached hydrogen (secondary N) is 1. The molecule has 2 rings (SSSR count). The molecule has 6 nitrogen and oxygen atoms in total. The molecule has 2 aromatic heterocycles. The van der Waals surface area contributed by atoms with E-state index in [0.717, 1.165) is 5.82 Å². The van der Waals surface area contributed by atoms with Gasteiger partial charge in [-0.1, -0.05) is 41.0 Å². The molecule has 0 bridgehead atoms. The number of thioether (sulfide) groups is 1. The van der Waals surface area contributed by atoms with E-state index >= 15 is 0 Å². The summed E-state index contributed by atoms with van der Waals surface area (Å²) in [7, 11) is 0. The molecule has 0 spiro atoms. The smallest absolute Gasteiger partial charge is 0.236 e. The van der Waals surface area contributed by atoms with Crippen molar-refractivity contribution in [2.75, 3.05) is 11.1 Å². The third kappa shape index (κ3) is 4.46. The zero-order valence-corrected chi connectivity index (χ0v) is 15.0. The van der Waals surface area contributed by atoms with Crippen LogP contribution in [0.2, 0.25) is 10.0 Å². The molecule has 0 fully saturated rings. The summed E-state index contributed by atoms with van der Waals surface area (Å²) in [5.41, 5.74) is 0.598. The van der Waals surface area contributed by atoms with Crippen molar-refractivity contribution in [2.24, 2.45) is 0 Å². The Morgan fingerprint density at radius 2 is 2.13 bits per heavy atom. The third-order valence-corrected chi connectivity index (χ3v) is 4.55. The van der Waals surface area contributed by atoms with E-state index in [1.807, 2.05) is 11.5 Å². The van der Waals surface area contributed by atoms with Crippen molar-refractivity contribution >= 4 is 46.7 Å². The molecule has 2 aromatic rings. The van der Waals surface area contributed by atoms with Crippen LogP contribution in [0.15, 0.2) is 23.9 Å². The zero-order valence-electron chi connectivity index (χ0n) is 12.6. The summed E-state index contributed by atoms with van der Waals surface area (Å²) in [6.07, 6.45) is 1.75. The molecule has 0 unspecified atom stereocenters. The normalized spacial score (nSPS) is 10.6. The molecule has 0 atom stereocenters. The van der Waals surface area contributed by atoms with Gasteiger partial charge in [0.15, 0.2) is 11.0 Å². The molecule has 2 heterocycles. The van der Waals surface area contributed by atoms with Crippen LogP contribution in [0.25, 0.3) is 0 Å². The zero-order chi connectivity index (χ0) is 17.0. The van der Waals surface area contributed by atoms with Gasteiger partial charge in [-0.15, -0.1) is 16.8 Å². The van der Waals surface area contributed by atoms with Crippen molar-refractivity contribution in [3.63, 3.8) is 0 Å². The van der Waals surface area contributed by atoms with Crippen LogP contribution in [0.4, 0.5) is 5.82 Å². The lowest BCUT2D eigenvalue weighted by molar-refractivity contribution is -0.113. The molecule has 9 heteroatoms. The highest BCUT2D eigenvalue weighted by atomic mass is 35.5. The minimum Gasteiger partial charge on any atom is -0.309 e. The van der Waals surface area contributed by atoms with Gasteiger partial charge in [0.25, 0.3) is 0 Å². The maximum atomic E-state index is 12.1. The molecule has 122 valence electrons. The molecule has 1 N–H and O–H groups in total. The summed E-state index contributed by atoms with van der Waals surface area (Å²) < 4.78 is 1.88. The molecule has 0 saturated heterocycles. The standard InChI is InChI=1S/C14H15Cl2N5OS/c1-4-5-21-9(3)19-20-14(21)23-7-12(22)18-13-11(16)6-10(15)8(2)17-13/h4,6H,1,5,7H2,2-3H3,(H,17,18,22). The molecule has 0 aromatic carbocycles. The minimum atomic E-state index is -0.239. The number of halogens is 2. The summed E-state index contributed by atoms with van der Waals surface area (Å²) >= 11 is 13.2. The van der Waals surface area contributed by atoms with Crippen LogP contribution in [0.3, 0.4) is 0 Å². The van der Waals surface area contributed by atoms with E-state index in [4.69, 9.17) is 23.2 Å². The van der Waals surface area contributed by atoms with Gasteiger partial charge in [0.05, 0.1) is 21.5 Å². The van der Waals surface area contributed by atoms with E-state index < -0.39 is 0 Å². The van der Waals surface area contributed by atoms with Crippen molar-refractivity contribution in [1.82, 2.24) is 19.7 Å². The Balaban J connectivity index is 2.01. The SMILES string of the molecule is C=CCn1c(C)nnc1SCC(=O)Nc1nc(C)c(Cl)cc1Cl. The number of rotatable bonds is 6. The van der Waals surface area contributed by atoms with Gasteiger partial charge in [0, 0.05) is 6.54 Å². The summed E-state index contributed by atoms with van der Waals surface area (Å²) in [4.78, 5) is 16.2. The van der Waals surface area contributed by atoms with Gasteiger partial charge in [-0.05, 0) is 19.9 Å². The van der Waals surface area contributed by atoms with E-state index in [1.165, 1.54) is 11.8 Å². The maximum Gasteiger partial charge on any atom is 0.236 e. The Morgan fingerprint density at radius 1 is 1.39 bits per heavy atom. The van der Waals surface area contributed by atoms with Crippen LogP contribution in [-0.4, -0.2) is 31.4 Å². The second-order valence-electron chi connectivity index (χ2n) is 4.65. The number of aryl methyl sites for hydroxylation is 2. The molecule has 1 amide bonds. The Bertz CT molecular complexity index is 747. The first-order chi connectivity index (χ1) is 10.9. The predicted molar refractivity (Wildman–Crippen MR) is 93.3 cm³/mol. The summed E-state index contributed by atoms with van der Waals surface area (Å²) in [6.45, 7) is 7.87. The van der Waals surface area contributed by atoms with E-state index in [-0.39, 0.29) is 11.7 Å². The Morgan fingerprint density at radius 3 is 2.83 bits per heavy atom. The van der Waals surface area contributed by atoms with Crippen LogP contribution in [-0.2, 0) is 11.3 Å². The first kappa shape index (κ1) is 17.8. The number of allylic oxidation sites excluding steroid dienone is 1. The first-order valence-corrected chi connectivity index (χ1v) is 8.42. The molecule has 0 aliphatic carbocycles. The van der Waals surface area contributed by atoms with Gasteiger partial charge in [-0.3, -0.25) is 4.79 Å². The van der Waals surface area contributed by atoms with Crippen molar-refractivity contribution in [3.8, 4) is 0 Å². The van der Waals surface area contributed by atoms with Crippen LogP contribution in [0, 0.1) is 13.8 Å². The molecule has 23 heavy (non-hydrogen) atoms. The highest BCUT2D eigenvalue weighted by molar-refractivity contribution is 7.99. The fourth-order valence-corrected chi connectivity index (χ4v) is 2.95. The lowest BCUT2D eigenvalue weighted by Crippen LogP contribution is -2.16. The summed E-state index contributed by atoms with van der Waals surface area (Å²) in [5, 5.41) is 12.1. The minimum absolute atomic E-state index is 0.162. The fraction of sp³-hybridized carbons (Fsp3) is 0.286. The van der Waals surface area contributed by atoms with Gasteiger partial charge in [-0.2, -0.15) is 0 Å². The van der Waals surface area contributed by atoms with E-state index in [0.29, 0.717) is 33.3 Å². The van der Waals surface area contributed by atoms with Crippen LogP contribution < -0.4 is 5.32 Å². The molecule has 0 radical (unpaired) electrons. The third-order valence-electron chi connectivity index (χ3n) is 2.91. The van der Waals surface area contributed by atoms with Gasteiger partial charge in [0.2, 0.25) is 5.91 Å². The molecule has 0 aliphatic heterocycles. The van der Waals surface area contributed by atoms with Crippen LogP contribution >= 0.6 is 35.0 Å². The molecular weight excluding hydrogens is 357 g/mol. The number of carbonyl (C=O) groups is 1. The number of carbonyl (C=O) groups excluding carboxylic acids is 1. The average molecular weight is 372 g/mol. The van der Waals surface area contributed by atoms with Crippen molar-refractivity contribution < 1.29 is 4.79 Å². The second kappa shape index (κ2) is 7.81. The summed E-state index contributed by atoms with van der Waals surface area (Å²) in [5.74, 6) is 0.986.